The van der Waals surface area contributed by atoms with Crippen LogP contribution in [0, 0.1) is 0 Å². The Labute approximate surface area is 97.2 Å². The largest absolute Gasteiger partial charge is 0.371 e. The molecule has 0 unspecified atom stereocenters. The van der Waals surface area contributed by atoms with Crippen LogP contribution >= 0.6 is 0 Å². The van der Waals surface area contributed by atoms with Crippen LogP contribution in [0.2, 0.25) is 0 Å². The fraction of sp³-hybridized carbons (Fsp3) is 0.571. The monoisotopic (exact) mass is 217 g/mol. The summed E-state index contributed by atoms with van der Waals surface area (Å²) in [5, 5.41) is 0. The Morgan fingerprint density at radius 1 is 1.12 bits per heavy atom. The second-order valence-electron chi connectivity index (χ2n) is 4.88. The van der Waals surface area contributed by atoms with Gasteiger partial charge in [0.25, 0.3) is 0 Å². The van der Waals surface area contributed by atoms with Crippen LogP contribution in [0.3, 0.4) is 0 Å². The van der Waals surface area contributed by atoms with Gasteiger partial charge in [0.2, 0.25) is 0 Å². The highest BCUT2D eigenvalue weighted by molar-refractivity contribution is 5.18. The summed E-state index contributed by atoms with van der Waals surface area (Å²) in [4.78, 5) is 2.62. The van der Waals surface area contributed by atoms with Crippen LogP contribution in [0.1, 0.15) is 30.9 Å². The number of fused-ring (bicyclic) bond motifs is 1. The summed E-state index contributed by atoms with van der Waals surface area (Å²) in [6, 6.07) is 11.3. The Balaban J connectivity index is 1.71. The average Bonchev–Trinajstić information content (AvgIpc) is 2.39. The molecule has 0 radical (unpaired) electrons. The highest BCUT2D eigenvalue weighted by Crippen LogP contribution is 2.29. The van der Waals surface area contributed by atoms with Crippen LogP contribution in [-0.2, 0) is 4.74 Å². The fourth-order valence-electron chi connectivity index (χ4n) is 2.85. The van der Waals surface area contributed by atoms with Gasteiger partial charge in [-0.15, -0.1) is 0 Å². The lowest BCUT2D eigenvalue weighted by Crippen LogP contribution is -2.48. The van der Waals surface area contributed by atoms with Crippen molar-refractivity contribution >= 4 is 0 Å². The molecule has 2 atom stereocenters. The van der Waals surface area contributed by atoms with Crippen molar-refractivity contribution in [3.05, 3.63) is 35.9 Å². The highest BCUT2D eigenvalue weighted by Gasteiger charge is 2.30. The molecular weight excluding hydrogens is 198 g/mol. The standard InChI is InChI=1S/C14H19NO/c1-2-6-12(7-3-1)14-10-15-9-5-4-8-13(15)11-16-14/h1-3,6-7,13-14H,4-5,8-11H2/t13-,14-/m0/s1. The molecule has 1 aromatic rings. The van der Waals surface area contributed by atoms with E-state index in [1.165, 1.54) is 31.4 Å². The first-order valence-corrected chi connectivity index (χ1v) is 6.34. The Morgan fingerprint density at radius 3 is 2.88 bits per heavy atom. The summed E-state index contributed by atoms with van der Waals surface area (Å²) >= 11 is 0. The smallest absolute Gasteiger partial charge is 0.0952 e. The van der Waals surface area contributed by atoms with Crippen molar-refractivity contribution in [2.45, 2.75) is 31.4 Å². The van der Waals surface area contributed by atoms with E-state index < -0.39 is 0 Å². The van der Waals surface area contributed by atoms with Gasteiger partial charge in [0.15, 0.2) is 0 Å². The summed E-state index contributed by atoms with van der Waals surface area (Å²) in [7, 11) is 0. The molecule has 2 heterocycles. The molecule has 0 amide bonds. The zero-order chi connectivity index (χ0) is 10.8. The summed E-state index contributed by atoms with van der Waals surface area (Å²) < 4.78 is 5.99. The van der Waals surface area contributed by atoms with Crippen LogP contribution in [0.15, 0.2) is 30.3 Å². The minimum Gasteiger partial charge on any atom is -0.371 e. The predicted octanol–water partition coefficient (Wildman–Crippen LogP) is 2.61. The molecule has 2 nitrogen and oxygen atoms in total. The van der Waals surface area contributed by atoms with Gasteiger partial charge in [-0.05, 0) is 24.9 Å². The van der Waals surface area contributed by atoms with Crippen molar-refractivity contribution in [1.29, 1.82) is 0 Å². The maximum Gasteiger partial charge on any atom is 0.0952 e. The maximum atomic E-state index is 5.99. The van der Waals surface area contributed by atoms with E-state index >= 15 is 0 Å². The molecule has 2 aliphatic heterocycles. The van der Waals surface area contributed by atoms with Gasteiger partial charge in [-0.1, -0.05) is 36.8 Å². The third-order valence-corrected chi connectivity index (χ3v) is 3.81. The Hall–Kier alpha value is -0.860. The molecular formula is C14H19NO. The summed E-state index contributed by atoms with van der Waals surface area (Å²) in [6.45, 7) is 3.26. The quantitative estimate of drug-likeness (QED) is 0.717. The Bertz CT molecular complexity index is 338. The molecule has 0 aliphatic carbocycles. The lowest BCUT2D eigenvalue weighted by Gasteiger charge is -2.42. The van der Waals surface area contributed by atoms with E-state index in [0.717, 1.165) is 13.2 Å². The molecule has 0 bridgehead atoms. The SMILES string of the molecule is c1ccc([C@@H]2CN3CCCC[C@H]3CO2)cc1. The number of hydrogen-bond acceptors (Lipinski definition) is 2. The third-order valence-electron chi connectivity index (χ3n) is 3.81. The minimum atomic E-state index is 0.288. The molecule has 0 spiro atoms. The zero-order valence-corrected chi connectivity index (χ0v) is 9.64. The molecule has 0 N–H and O–H groups in total. The molecule has 2 heteroatoms. The topological polar surface area (TPSA) is 12.5 Å². The number of rotatable bonds is 1. The highest BCUT2D eigenvalue weighted by atomic mass is 16.5. The first-order valence-electron chi connectivity index (χ1n) is 6.34. The molecule has 2 saturated heterocycles. The Morgan fingerprint density at radius 2 is 2.00 bits per heavy atom. The second-order valence-corrected chi connectivity index (χ2v) is 4.88. The van der Waals surface area contributed by atoms with Gasteiger partial charge in [0, 0.05) is 12.6 Å². The van der Waals surface area contributed by atoms with Crippen molar-refractivity contribution in [1.82, 2.24) is 4.90 Å². The number of nitrogens with zero attached hydrogens (tertiary/aromatic N) is 1. The van der Waals surface area contributed by atoms with Crippen LogP contribution in [-0.4, -0.2) is 30.6 Å². The summed E-state index contributed by atoms with van der Waals surface area (Å²) in [5.41, 5.74) is 1.33. The van der Waals surface area contributed by atoms with Gasteiger partial charge in [0.05, 0.1) is 12.7 Å². The fourth-order valence-corrected chi connectivity index (χ4v) is 2.85. The number of benzene rings is 1. The van der Waals surface area contributed by atoms with Crippen molar-refractivity contribution in [3.8, 4) is 0 Å². The molecule has 3 rings (SSSR count). The number of ether oxygens (including phenoxy) is 1. The van der Waals surface area contributed by atoms with E-state index in [1.54, 1.807) is 0 Å². The molecule has 86 valence electrons. The van der Waals surface area contributed by atoms with Gasteiger partial charge in [-0.2, -0.15) is 0 Å². The van der Waals surface area contributed by atoms with Gasteiger partial charge in [-0.3, -0.25) is 4.90 Å². The normalized spacial score (nSPS) is 31.0. The van der Waals surface area contributed by atoms with Gasteiger partial charge in [0.1, 0.15) is 0 Å². The van der Waals surface area contributed by atoms with Gasteiger partial charge < -0.3 is 4.74 Å². The van der Waals surface area contributed by atoms with E-state index in [0.29, 0.717) is 6.04 Å². The maximum absolute atomic E-state index is 5.99. The molecule has 2 aliphatic rings. The van der Waals surface area contributed by atoms with Crippen molar-refractivity contribution in [2.24, 2.45) is 0 Å². The summed E-state index contributed by atoms with van der Waals surface area (Å²) in [5.74, 6) is 0. The van der Waals surface area contributed by atoms with E-state index in [-0.39, 0.29) is 6.10 Å². The van der Waals surface area contributed by atoms with E-state index in [2.05, 4.69) is 35.2 Å². The minimum absolute atomic E-state index is 0.288. The lowest BCUT2D eigenvalue weighted by molar-refractivity contribution is -0.0766. The second kappa shape index (κ2) is 4.56. The van der Waals surface area contributed by atoms with Gasteiger partial charge >= 0.3 is 0 Å². The van der Waals surface area contributed by atoms with Crippen molar-refractivity contribution in [2.75, 3.05) is 19.7 Å². The first kappa shape index (κ1) is 10.3. The van der Waals surface area contributed by atoms with Crippen molar-refractivity contribution in [3.63, 3.8) is 0 Å². The third kappa shape index (κ3) is 2.00. The molecule has 2 fully saturated rings. The van der Waals surface area contributed by atoms with E-state index in [4.69, 9.17) is 4.74 Å². The first-order chi connectivity index (χ1) is 7.93. The van der Waals surface area contributed by atoms with Gasteiger partial charge in [-0.25, -0.2) is 0 Å². The predicted molar refractivity (Wildman–Crippen MR) is 64.3 cm³/mol. The van der Waals surface area contributed by atoms with E-state index in [9.17, 15) is 0 Å². The zero-order valence-electron chi connectivity index (χ0n) is 9.64. The van der Waals surface area contributed by atoms with E-state index in [1.807, 2.05) is 0 Å². The molecule has 0 aromatic heterocycles. The number of morpholine rings is 1. The molecule has 16 heavy (non-hydrogen) atoms. The molecule has 0 saturated carbocycles. The number of hydrogen-bond donors (Lipinski definition) is 0. The Kier molecular flexibility index (Phi) is 2.94. The number of piperidine rings is 1. The van der Waals surface area contributed by atoms with Crippen LogP contribution in [0.5, 0.6) is 0 Å². The molecule has 1 aromatic carbocycles. The van der Waals surface area contributed by atoms with Crippen LogP contribution in [0.4, 0.5) is 0 Å². The van der Waals surface area contributed by atoms with Crippen molar-refractivity contribution < 1.29 is 4.74 Å². The average molecular weight is 217 g/mol. The van der Waals surface area contributed by atoms with Crippen LogP contribution in [0.25, 0.3) is 0 Å². The summed E-state index contributed by atoms with van der Waals surface area (Å²) in [6.07, 6.45) is 4.34. The lowest BCUT2D eigenvalue weighted by atomic mass is 9.98. The van der Waals surface area contributed by atoms with Crippen LogP contribution < -0.4 is 0 Å².